The first kappa shape index (κ1) is 15.0. The van der Waals surface area contributed by atoms with Crippen LogP contribution in [0.4, 0.5) is 4.39 Å². The first-order valence-corrected chi connectivity index (χ1v) is 6.46. The number of pyridine rings is 1. The minimum Gasteiger partial charge on any atom is -0.465 e. The highest BCUT2D eigenvalue weighted by Crippen LogP contribution is 2.35. The third-order valence-corrected chi connectivity index (χ3v) is 3.75. The van der Waals surface area contributed by atoms with E-state index in [9.17, 15) is 9.18 Å². The molecule has 3 nitrogen and oxygen atoms in total. The first-order valence-electron chi connectivity index (χ1n) is 5.33. The number of carbonyl (C=O) groups excluding carboxylic acids is 1. The van der Waals surface area contributed by atoms with Gasteiger partial charge < -0.3 is 4.74 Å². The summed E-state index contributed by atoms with van der Waals surface area (Å²) < 4.78 is 18.8. The number of hydrogen-bond donors (Lipinski definition) is 0. The van der Waals surface area contributed by atoms with Crippen LogP contribution in [-0.2, 0) is 4.74 Å². The van der Waals surface area contributed by atoms with E-state index in [0.29, 0.717) is 5.56 Å². The lowest BCUT2D eigenvalue weighted by atomic mass is 10.1. The topological polar surface area (TPSA) is 39.2 Å². The Balaban J connectivity index is 2.62. The number of rotatable bonds is 2. The molecule has 0 N–H and O–H groups in total. The molecule has 0 atom stereocenters. The number of methoxy groups -OCH3 is 1. The molecule has 1 heterocycles. The molecule has 104 valence electrons. The Morgan fingerprint density at radius 3 is 2.40 bits per heavy atom. The van der Waals surface area contributed by atoms with Crippen molar-refractivity contribution in [3.8, 4) is 11.3 Å². The van der Waals surface area contributed by atoms with Gasteiger partial charge in [-0.15, -0.1) is 0 Å². The molecule has 0 bridgehead atoms. The lowest BCUT2D eigenvalue weighted by Crippen LogP contribution is -2.06. The fourth-order valence-corrected chi connectivity index (χ4v) is 2.20. The molecule has 1 aromatic carbocycles. The van der Waals surface area contributed by atoms with Crippen LogP contribution in [-0.4, -0.2) is 18.1 Å². The number of hydrogen-bond acceptors (Lipinski definition) is 3. The molecular weight excluding hydrogens is 328 g/mol. The summed E-state index contributed by atoms with van der Waals surface area (Å²) in [4.78, 5) is 15.3. The van der Waals surface area contributed by atoms with Crippen molar-refractivity contribution in [1.82, 2.24) is 4.98 Å². The van der Waals surface area contributed by atoms with Crippen LogP contribution in [0.1, 0.15) is 10.4 Å². The minimum atomic E-state index is -0.811. The van der Waals surface area contributed by atoms with E-state index < -0.39 is 11.8 Å². The van der Waals surface area contributed by atoms with Crippen molar-refractivity contribution in [2.75, 3.05) is 7.11 Å². The zero-order valence-electron chi connectivity index (χ0n) is 10.1. The highest BCUT2D eigenvalue weighted by atomic mass is 35.5. The minimum absolute atomic E-state index is 0.0617. The van der Waals surface area contributed by atoms with Crippen LogP contribution in [0.2, 0.25) is 15.1 Å². The summed E-state index contributed by atoms with van der Waals surface area (Å²) >= 11 is 17.6. The average Bonchev–Trinajstić information content (AvgIpc) is 2.43. The second-order valence-corrected chi connectivity index (χ2v) is 4.96. The maximum Gasteiger partial charge on any atom is 0.340 e. The van der Waals surface area contributed by atoms with E-state index in [1.54, 1.807) is 0 Å². The van der Waals surface area contributed by atoms with Crippen LogP contribution in [0.25, 0.3) is 11.3 Å². The lowest BCUT2D eigenvalue weighted by Gasteiger charge is -2.08. The van der Waals surface area contributed by atoms with Gasteiger partial charge in [0.25, 0.3) is 0 Å². The van der Waals surface area contributed by atoms with Crippen molar-refractivity contribution in [2.24, 2.45) is 0 Å². The quantitative estimate of drug-likeness (QED) is 0.593. The SMILES string of the molecule is COC(=O)c1ccnc(-c2cc(Cl)c(Cl)c(Cl)c2)c1F. The number of halogens is 4. The molecular formula is C13H7Cl3FNO2. The molecule has 20 heavy (non-hydrogen) atoms. The number of carbonyl (C=O) groups is 1. The summed E-state index contributed by atoms with van der Waals surface area (Å²) in [6, 6.07) is 4.06. The van der Waals surface area contributed by atoms with Gasteiger partial charge in [0.05, 0.1) is 27.7 Å². The lowest BCUT2D eigenvalue weighted by molar-refractivity contribution is 0.0595. The number of aromatic nitrogens is 1. The predicted molar refractivity (Wildman–Crippen MR) is 76.0 cm³/mol. The smallest absolute Gasteiger partial charge is 0.340 e. The normalized spacial score (nSPS) is 10.4. The Kier molecular flexibility index (Phi) is 4.48. The zero-order chi connectivity index (χ0) is 14.9. The van der Waals surface area contributed by atoms with E-state index >= 15 is 0 Å². The van der Waals surface area contributed by atoms with E-state index in [4.69, 9.17) is 34.8 Å². The summed E-state index contributed by atoms with van der Waals surface area (Å²) in [7, 11) is 1.16. The van der Waals surface area contributed by atoms with E-state index in [-0.39, 0.29) is 26.3 Å². The van der Waals surface area contributed by atoms with Gasteiger partial charge in [-0.05, 0) is 18.2 Å². The molecule has 7 heteroatoms. The second-order valence-electron chi connectivity index (χ2n) is 3.77. The van der Waals surface area contributed by atoms with Crippen LogP contribution in [0.5, 0.6) is 0 Å². The number of ether oxygens (including phenoxy) is 1. The monoisotopic (exact) mass is 333 g/mol. The van der Waals surface area contributed by atoms with Gasteiger partial charge in [0.2, 0.25) is 0 Å². The molecule has 0 saturated heterocycles. The molecule has 2 rings (SSSR count). The summed E-state index contributed by atoms with van der Waals surface area (Å²) in [6.45, 7) is 0. The third-order valence-electron chi connectivity index (χ3n) is 2.55. The summed E-state index contributed by atoms with van der Waals surface area (Å²) in [6.07, 6.45) is 1.29. The molecule has 0 saturated carbocycles. The molecule has 1 aromatic heterocycles. The van der Waals surface area contributed by atoms with E-state index in [0.717, 1.165) is 7.11 Å². The van der Waals surface area contributed by atoms with Crippen molar-refractivity contribution in [2.45, 2.75) is 0 Å². The van der Waals surface area contributed by atoms with Crippen molar-refractivity contribution >= 4 is 40.8 Å². The van der Waals surface area contributed by atoms with Crippen LogP contribution in [0.15, 0.2) is 24.4 Å². The fourth-order valence-electron chi connectivity index (χ4n) is 1.60. The predicted octanol–water partition coefficient (Wildman–Crippen LogP) is 4.63. The van der Waals surface area contributed by atoms with Crippen LogP contribution >= 0.6 is 34.8 Å². The van der Waals surface area contributed by atoms with Gasteiger partial charge in [0.15, 0.2) is 5.82 Å². The molecule has 0 amide bonds. The highest BCUT2D eigenvalue weighted by Gasteiger charge is 2.19. The van der Waals surface area contributed by atoms with Crippen molar-refractivity contribution in [3.63, 3.8) is 0 Å². The maximum atomic E-state index is 14.3. The van der Waals surface area contributed by atoms with Crippen LogP contribution in [0, 0.1) is 5.82 Å². The molecule has 0 radical (unpaired) electrons. The number of nitrogens with zero attached hydrogens (tertiary/aromatic N) is 1. The summed E-state index contributed by atoms with van der Waals surface area (Å²) in [5, 5.41) is 0.499. The number of benzene rings is 1. The van der Waals surface area contributed by atoms with Crippen molar-refractivity contribution in [3.05, 3.63) is 50.8 Å². The van der Waals surface area contributed by atoms with Gasteiger partial charge in [-0.2, -0.15) is 0 Å². The summed E-state index contributed by atoms with van der Waals surface area (Å²) in [5.41, 5.74) is 0.0284. The van der Waals surface area contributed by atoms with Crippen LogP contribution in [0.3, 0.4) is 0 Å². The Labute approximate surface area is 129 Å². The third kappa shape index (κ3) is 2.73. The zero-order valence-corrected chi connectivity index (χ0v) is 12.4. The van der Waals surface area contributed by atoms with Crippen molar-refractivity contribution < 1.29 is 13.9 Å². The van der Waals surface area contributed by atoms with Gasteiger partial charge in [-0.25, -0.2) is 9.18 Å². The Morgan fingerprint density at radius 1 is 1.25 bits per heavy atom. The van der Waals surface area contributed by atoms with Gasteiger partial charge in [-0.3, -0.25) is 4.98 Å². The van der Waals surface area contributed by atoms with E-state index in [2.05, 4.69) is 9.72 Å². The molecule has 0 unspecified atom stereocenters. The van der Waals surface area contributed by atoms with Gasteiger partial charge in [0, 0.05) is 11.8 Å². The molecule has 0 spiro atoms. The molecule has 0 aliphatic rings. The van der Waals surface area contributed by atoms with Crippen molar-refractivity contribution in [1.29, 1.82) is 0 Å². The second kappa shape index (κ2) is 5.95. The largest absolute Gasteiger partial charge is 0.465 e. The Hall–Kier alpha value is -1.36. The molecule has 2 aromatic rings. The first-order chi connectivity index (χ1) is 9.45. The number of esters is 1. The average molecular weight is 335 g/mol. The highest BCUT2D eigenvalue weighted by molar-refractivity contribution is 6.48. The molecule has 0 aliphatic heterocycles. The Bertz CT molecular complexity index is 668. The fraction of sp³-hybridized carbons (Fsp3) is 0.0769. The molecule has 0 aliphatic carbocycles. The van der Waals surface area contributed by atoms with Crippen LogP contribution < -0.4 is 0 Å². The van der Waals surface area contributed by atoms with Gasteiger partial charge >= 0.3 is 5.97 Å². The van der Waals surface area contributed by atoms with E-state index in [1.807, 2.05) is 0 Å². The van der Waals surface area contributed by atoms with Gasteiger partial charge in [0.1, 0.15) is 5.69 Å². The van der Waals surface area contributed by atoms with E-state index in [1.165, 1.54) is 24.4 Å². The Morgan fingerprint density at radius 2 is 1.85 bits per heavy atom. The van der Waals surface area contributed by atoms with Gasteiger partial charge in [-0.1, -0.05) is 34.8 Å². The molecule has 0 fully saturated rings. The summed E-state index contributed by atoms with van der Waals surface area (Å²) in [5.74, 6) is -1.61. The maximum absolute atomic E-state index is 14.3. The standard InChI is InChI=1S/C13H7Cl3FNO2/c1-20-13(19)7-2-3-18-12(11(7)17)6-4-8(14)10(16)9(15)5-6/h2-5H,1H3.